The fourth-order valence-electron chi connectivity index (χ4n) is 5.31. The molecule has 39 heavy (non-hydrogen) atoms. The van der Waals surface area contributed by atoms with E-state index in [1.54, 1.807) is 39.3 Å². The van der Waals surface area contributed by atoms with Gasteiger partial charge < -0.3 is 29.0 Å². The van der Waals surface area contributed by atoms with Gasteiger partial charge in [0.25, 0.3) is 0 Å². The van der Waals surface area contributed by atoms with Crippen LogP contribution in [0.3, 0.4) is 0 Å². The zero-order valence-electron chi connectivity index (χ0n) is 23.0. The van der Waals surface area contributed by atoms with E-state index in [9.17, 15) is 14.4 Å². The molecule has 2 aromatic carbocycles. The predicted molar refractivity (Wildman–Crippen MR) is 143 cm³/mol. The number of benzene rings is 2. The fraction of sp³-hybridized carbons (Fsp3) is 0.367. The third kappa shape index (κ3) is 5.48. The molecular formula is C30H33NO8. The lowest BCUT2D eigenvalue weighted by atomic mass is 9.71. The Hall–Kier alpha value is -4.27. The summed E-state index contributed by atoms with van der Waals surface area (Å²) in [6.07, 6.45) is 0.812. The van der Waals surface area contributed by atoms with Crippen LogP contribution >= 0.6 is 0 Å². The first-order valence-corrected chi connectivity index (χ1v) is 12.7. The molecule has 0 saturated heterocycles. The van der Waals surface area contributed by atoms with Crippen molar-refractivity contribution >= 4 is 17.7 Å². The molecule has 0 unspecified atom stereocenters. The maximum atomic E-state index is 13.8. The van der Waals surface area contributed by atoms with Crippen molar-refractivity contribution in [3.05, 3.63) is 70.1 Å². The van der Waals surface area contributed by atoms with E-state index in [1.165, 1.54) is 14.0 Å². The van der Waals surface area contributed by atoms with Crippen molar-refractivity contribution in [1.82, 2.24) is 5.32 Å². The van der Waals surface area contributed by atoms with Crippen LogP contribution in [0.15, 0.2) is 58.9 Å². The van der Waals surface area contributed by atoms with Crippen molar-refractivity contribution in [2.24, 2.45) is 0 Å². The number of carbonyl (C=O) groups is 3. The summed E-state index contributed by atoms with van der Waals surface area (Å²) in [5, 5.41) is 3.32. The van der Waals surface area contributed by atoms with Gasteiger partial charge >= 0.3 is 11.9 Å². The molecule has 2 aromatic rings. The minimum atomic E-state index is -0.682. The Labute approximate surface area is 227 Å². The van der Waals surface area contributed by atoms with E-state index < -0.39 is 17.9 Å². The van der Waals surface area contributed by atoms with Gasteiger partial charge in [-0.15, -0.1) is 0 Å². The van der Waals surface area contributed by atoms with Crippen LogP contribution in [-0.4, -0.2) is 45.7 Å². The molecule has 2 aliphatic rings. The molecular weight excluding hydrogens is 502 g/mol. The molecule has 9 nitrogen and oxygen atoms in total. The minimum Gasteiger partial charge on any atom is -0.493 e. The number of ketones is 1. The van der Waals surface area contributed by atoms with Gasteiger partial charge in [0.2, 0.25) is 0 Å². The highest BCUT2D eigenvalue weighted by molar-refractivity contribution is 6.04. The third-order valence-electron chi connectivity index (χ3n) is 6.97. The number of allylic oxidation sites excluding steroid dienone is 3. The second-order valence-electron chi connectivity index (χ2n) is 9.36. The van der Waals surface area contributed by atoms with Gasteiger partial charge in [0, 0.05) is 36.2 Å². The van der Waals surface area contributed by atoms with Crippen LogP contribution in [0.4, 0.5) is 0 Å². The Morgan fingerprint density at radius 3 is 2.23 bits per heavy atom. The molecule has 0 bridgehead atoms. The summed E-state index contributed by atoms with van der Waals surface area (Å²) < 4.78 is 27.0. The Morgan fingerprint density at radius 2 is 1.59 bits per heavy atom. The van der Waals surface area contributed by atoms with Gasteiger partial charge in [0.05, 0.1) is 33.5 Å². The van der Waals surface area contributed by atoms with Crippen molar-refractivity contribution in [1.29, 1.82) is 0 Å². The highest BCUT2D eigenvalue weighted by Gasteiger charge is 2.41. The van der Waals surface area contributed by atoms with Gasteiger partial charge in [0.15, 0.2) is 28.8 Å². The lowest BCUT2D eigenvalue weighted by molar-refractivity contribution is -0.136. The van der Waals surface area contributed by atoms with Crippen molar-refractivity contribution in [2.75, 3.05) is 27.9 Å². The highest BCUT2D eigenvalue weighted by Crippen LogP contribution is 2.47. The van der Waals surface area contributed by atoms with Crippen molar-refractivity contribution in [3.8, 4) is 23.0 Å². The number of esters is 2. The largest absolute Gasteiger partial charge is 0.493 e. The van der Waals surface area contributed by atoms with Crippen LogP contribution in [-0.2, 0) is 19.1 Å². The molecule has 0 aromatic heterocycles. The van der Waals surface area contributed by atoms with E-state index in [0.29, 0.717) is 52.7 Å². The van der Waals surface area contributed by atoms with E-state index >= 15 is 0 Å². The predicted octanol–water partition coefficient (Wildman–Crippen LogP) is 4.56. The van der Waals surface area contributed by atoms with Gasteiger partial charge in [-0.05, 0) is 61.6 Å². The zero-order chi connectivity index (χ0) is 28.3. The topological polar surface area (TPSA) is 109 Å². The molecule has 1 heterocycles. The first-order valence-electron chi connectivity index (χ1n) is 12.7. The number of hydrogen-bond donors (Lipinski definition) is 1. The van der Waals surface area contributed by atoms with Gasteiger partial charge in [-0.25, -0.2) is 4.79 Å². The number of carbonyl (C=O) groups excluding carboxylic acids is 3. The van der Waals surface area contributed by atoms with Crippen molar-refractivity contribution < 1.29 is 38.1 Å². The zero-order valence-corrected chi connectivity index (χ0v) is 23.0. The molecule has 0 spiro atoms. The SMILES string of the molecule is CCOc1cc([C@@H]2C(C(=O)OC)=C(C)NC3=C2C(=O)C[C@@H](c2ccc(OC)c(OC)c2)C3)ccc1OC(C)=O. The number of Topliss-reactive ketones (excluding diaryl/α,β-unsaturated/α-hetero) is 1. The third-order valence-corrected chi connectivity index (χ3v) is 6.97. The molecule has 0 radical (unpaired) electrons. The maximum absolute atomic E-state index is 13.8. The highest BCUT2D eigenvalue weighted by atomic mass is 16.6. The van der Waals surface area contributed by atoms with Crippen LogP contribution in [0.5, 0.6) is 23.0 Å². The molecule has 1 N–H and O–H groups in total. The van der Waals surface area contributed by atoms with Crippen LogP contribution in [0.1, 0.15) is 56.6 Å². The monoisotopic (exact) mass is 535 g/mol. The van der Waals surface area contributed by atoms with Crippen LogP contribution in [0, 0.1) is 0 Å². The molecule has 1 aliphatic carbocycles. The molecule has 0 saturated carbocycles. The first-order chi connectivity index (χ1) is 18.7. The number of nitrogens with one attached hydrogen (secondary N) is 1. The van der Waals surface area contributed by atoms with Crippen molar-refractivity contribution in [3.63, 3.8) is 0 Å². The first kappa shape index (κ1) is 27.8. The lowest BCUT2D eigenvalue weighted by Gasteiger charge is -2.36. The summed E-state index contributed by atoms with van der Waals surface area (Å²) in [7, 11) is 4.47. The van der Waals surface area contributed by atoms with Gasteiger partial charge in [0.1, 0.15) is 0 Å². The van der Waals surface area contributed by atoms with E-state index in [0.717, 1.165) is 11.3 Å². The van der Waals surface area contributed by atoms with Gasteiger partial charge in [-0.3, -0.25) is 9.59 Å². The number of rotatable bonds is 8. The molecule has 0 amide bonds. The normalized spacial score (nSPS) is 18.7. The van der Waals surface area contributed by atoms with E-state index in [-0.39, 0.29) is 23.9 Å². The van der Waals surface area contributed by atoms with Crippen molar-refractivity contribution in [2.45, 2.75) is 45.4 Å². The summed E-state index contributed by atoms with van der Waals surface area (Å²) in [5.74, 6) is -0.0532. The summed E-state index contributed by atoms with van der Waals surface area (Å²) in [5.41, 5.74) is 3.82. The van der Waals surface area contributed by atoms with Crippen LogP contribution < -0.4 is 24.3 Å². The average molecular weight is 536 g/mol. The number of hydrogen-bond acceptors (Lipinski definition) is 9. The number of methoxy groups -OCH3 is 3. The molecule has 206 valence electrons. The Bertz CT molecular complexity index is 1370. The molecule has 1 aliphatic heterocycles. The Balaban J connectivity index is 1.81. The second-order valence-corrected chi connectivity index (χ2v) is 9.36. The fourth-order valence-corrected chi connectivity index (χ4v) is 5.31. The van der Waals surface area contributed by atoms with E-state index in [1.807, 2.05) is 25.1 Å². The molecule has 9 heteroatoms. The van der Waals surface area contributed by atoms with Gasteiger partial charge in [-0.2, -0.15) is 0 Å². The van der Waals surface area contributed by atoms with Crippen LogP contribution in [0.25, 0.3) is 0 Å². The van der Waals surface area contributed by atoms with Crippen LogP contribution in [0.2, 0.25) is 0 Å². The number of dihydropyridines is 1. The number of ether oxygens (including phenoxy) is 5. The molecule has 4 rings (SSSR count). The maximum Gasteiger partial charge on any atom is 0.336 e. The van der Waals surface area contributed by atoms with E-state index in [2.05, 4.69) is 5.32 Å². The Morgan fingerprint density at radius 1 is 0.923 bits per heavy atom. The molecule has 0 fully saturated rings. The van der Waals surface area contributed by atoms with Gasteiger partial charge in [-0.1, -0.05) is 12.1 Å². The summed E-state index contributed by atoms with van der Waals surface area (Å²) in [6, 6.07) is 10.7. The molecule has 2 atom stereocenters. The second kappa shape index (κ2) is 11.6. The summed E-state index contributed by atoms with van der Waals surface area (Å²) in [4.78, 5) is 38.4. The Kier molecular flexibility index (Phi) is 8.28. The van der Waals surface area contributed by atoms with E-state index in [4.69, 9.17) is 23.7 Å². The lowest BCUT2D eigenvalue weighted by Crippen LogP contribution is -2.36. The summed E-state index contributed by atoms with van der Waals surface area (Å²) in [6.45, 7) is 5.26. The summed E-state index contributed by atoms with van der Waals surface area (Å²) >= 11 is 0. The smallest absolute Gasteiger partial charge is 0.336 e. The standard InChI is InChI=1S/C30H33NO8/c1-7-38-26-15-19(9-11-24(26)39-17(3)32)28-27(30(34)37-6)16(2)31-21-12-20(13-22(33)29(21)28)18-8-10-23(35-4)25(14-18)36-5/h8-11,14-15,20,28,31H,7,12-13H2,1-6H3/t20-,28+/m0/s1. The quantitative estimate of drug-likeness (QED) is 0.384. The minimum absolute atomic E-state index is 0.0792. The average Bonchev–Trinajstić information content (AvgIpc) is 2.92.